The maximum Gasteiger partial charge on any atom is 0.407 e. The van der Waals surface area contributed by atoms with Gasteiger partial charge in [0.05, 0.1) is 0 Å². The highest BCUT2D eigenvalue weighted by atomic mass is 16.6. The number of carboxylic acids is 1. The first-order valence-corrected chi connectivity index (χ1v) is 16.1. The molecule has 0 radical (unpaired) electrons. The quantitative estimate of drug-likeness (QED) is 0.145. The fraction of sp³-hybridized carbons (Fsp3) is 0.368. The lowest BCUT2D eigenvalue weighted by molar-refractivity contribution is -0.147. The van der Waals surface area contributed by atoms with E-state index >= 15 is 0 Å². The van der Waals surface area contributed by atoms with E-state index in [4.69, 9.17) is 9.47 Å². The molecule has 0 fully saturated rings. The van der Waals surface area contributed by atoms with Crippen LogP contribution in [0.4, 0.5) is 9.59 Å². The van der Waals surface area contributed by atoms with Crippen molar-refractivity contribution in [2.24, 2.45) is 0 Å². The van der Waals surface area contributed by atoms with Crippen molar-refractivity contribution in [3.8, 4) is 0 Å². The van der Waals surface area contributed by atoms with Gasteiger partial charge in [-0.25, -0.2) is 14.4 Å². The molecule has 0 saturated heterocycles. The molecule has 4 rings (SSSR count). The number of fused-ring (bicyclic) bond motifs is 2. The van der Waals surface area contributed by atoms with E-state index in [1.165, 1.54) is 6.92 Å². The van der Waals surface area contributed by atoms with E-state index in [9.17, 15) is 24.3 Å². The fourth-order valence-electron chi connectivity index (χ4n) is 5.65. The zero-order valence-electron chi connectivity index (χ0n) is 28.0. The molecule has 0 aromatic heterocycles. The summed E-state index contributed by atoms with van der Waals surface area (Å²) >= 11 is 0. The predicted molar refractivity (Wildman–Crippen MR) is 186 cm³/mol. The number of ether oxygens (including phenoxy) is 2. The Hall–Kier alpha value is -5.12. The average Bonchev–Trinajstić information content (AvgIpc) is 3.40. The van der Waals surface area contributed by atoms with Gasteiger partial charge in [0.2, 0.25) is 5.91 Å². The lowest BCUT2D eigenvalue weighted by Gasteiger charge is -2.29. The van der Waals surface area contributed by atoms with Crippen molar-refractivity contribution in [1.29, 1.82) is 0 Å². The Labute approximate surface area is 281 Å². The van der Waals surface area contributed by atoms with Crippen molar-refractivity contribution in [1.82, 2.24) is 16.0 Å². The van der Waals surface area contributed by atoms with E-state index in [1.54, 1.807) is 26.8 Å². The molecule has 3 aromatic carbocycles. The van der Waals surface area contributed by atoms with E-state index in [0.29, 0.717) is 12.8 Å². The van der Waals surface area contributed by atoms with Crippen LogP contribution in [0.25, 0.3) is 16.8 Å². The second-order valence-electron chi connectivity index (χ2n) is 13.2. The van der Waals surface area contributed by atoms with Crippen molar-refractivity contribution >= 4 is 40.9 Å². The van der Waals surface area contributed by atoms with Crippen LogP contribution in [0.5, 0.6) is 0 Å². The second kappa shape index (κ2) is 15.6. The average molecular weight is 656 g/mol. The number of allylic oxidation sites excluding steroid dienone is 1. The summed E-state index contributed by atoms with van der Waals surface area (Å²) in [6, 6.07) is 20.2. The van der Waals surface area contributed by atoms with Crippen molar-refractivity contribution in [3.63, 3.8) is 0 Å². The fourth-order valence-corrected chi connectivity index (χ4v) is 5.65. The van der Waals surface area contributed by atoms with Crippen molar-refractivity contribution in [3.05, 3.63) is 102 Å². The van der Waals surface area contributed by atoms with Crippen LogP contribution in [0.1, 0.15) is 69.6 Å². The number of amides is 3. The number of alkyl carbamates (subject to hydrolysis) is 2. The van der Waals surface area contributed by atoms with Gasteiger partial charge in [0.15, 0.2) is 0 Å². The van der Waals surface area contributed by atoms with Gasteiger partial charge in [-0.15, -0.1) is 0 Å². The van der Waals surface area contributed by atoms with E-state index in [1.807, 2.05) is 72.8 Å². The monoisotopic (exact) mass is 655 g/mol. The smallest absolute Gasteiger partial charge is 0.407 e. The molecule has 4 N–H and O–H groups in total. The Kier molecular flexibility index (Phi) is 11.6. The maximum atomic E-state index is 13.8. The van der Waals surface area contributed by atoms with E-state index in [0.717, 1.165) is 33.0 Å². The van der Waals surface area contributed by atoms with Gasteiger partial charge in [-0.1, -0.05) is 85.5 Å². The number of aliphatic carboxylic acids is 1. The molecule has 0 saturated carbocycles. The number of unbranched alkanes of at least 4 members (excludes halogenated alkanes) is 1. The summed E-state index contributed by atoms with van der Waals surface area (Å²) in [7, 11) is 0. The molecule has 254 valence electrons. The molecule has 3 aromatic rings. The maximum absolute atomic E-state index is 13.8. The van der Waals surface area contributed by atoms with Gasteiger partial charge in [-0.2, -0.15) is 0 Å². The highest BCUT2D eigenvalue weighted by Crippen LogP contribution is 2.36. The van der Waals surface area contributed by atoms with Crippen LogP contribution >= 0.6 is 0 Å². The van der Waals surface area contributed by atoms with Crippen LogP contribution in [0.2, 0.25) is 0 Å². The van der Waals surface area contributed by atoms with Crippen molar-refractivity contribution in [2.75, 3.05) is 13.2 Å². The molecule has 48 heavy (non-hydrogen) atoms. The van der Waals surface area contributed by atoms with Gasteiger partial charge >= 0.3 is 18.2 Å². The number of carbonyl (C=O) groups is 4. The number of benzene rings is 3. The highest BCUT2D eigenvalue weighted by Gasteiger charge is 2.37. The summed E-state index contributed by atoms with van der Waals surface area (Å²) in [5.74, 6) is -2.07. The zero-order chi connectivity index (χ0) is 34.9. The molecule has 0 heterocycles. The minimum absolute atomic E-state index is 0.0369. The number of nitrogens with one attached hydrogen (secondary N) is 3. The molecule has 1 aliphatic rings. The number of carboxylic acid groups (broad SMARTS) is 1. The summed E-state index contributed by atoms with van der Waals surface area (Å²) in [5, 5.41) is 20.1. The topological polar surface area (TPSA) is 143 Å². The Morgan fingerprint density at radius 3 is 2.35 bits per heavy atom. The van der Waals surface area contributed by atoms with Crippen LogP contribution in [0.15, 0.2) is 85.0 Å². The Morgan fingerprint density at radius 2 is 1.65 bits per heavy atom. The first-order valence-electron chi connectivity index (χ1n) is 16.1. The third-order valence-electron chi connectivity index (χ3n) is 8.22. The normalized spacial score (nSPS) is 15.7. The van der Waals surface area contributed by atoms with Crippen LogP contribution in [-0.2, 0) is 25.5 Å². The second-order valence-corrected chi connectivity index (χ2v) is 13.2. The molecule has 0 bridgehead atoms. The van der Waals surface area contributed by atoms with E-state index in [2.05, 4.69) is 22.5 Å². The summed E-state index contributed by atoms with van der Waals surface area (Å²) in [6.07, 6.45) is 3.45. The lowest BCUT2D eigenvalue weighted by atomic mass is 9.93. The molecule has 0 spiro atoms. The van der Waals surface area contributed by atoms with Gasteiger partial charge in [-0.3, -0.25) is 4.79 Å². The molecular weight excluding hydrogens is 610 g/mol. The first kappa shape index (κ1) is 35.7. The first-order chi connectivity index (χ1) is 22.8. The molecule has 1 aliphatic carbocycles. The van der Waals surface area contributed by atoms with E-state index in [-0.39, 0.29) is 31.9 Å². The number of carbonyl (C=O) groups excluding carboxylic acids is 3. The predicted octanol–water partition coefficient (Wildman–Crippen LogP) is 6.50. The molecule has 10 heteroatoms. The Bertz CT molecular complexity index is 1690. The van der Waals surface area contributed by atoms with Crippen LogP contribution in [0, 0.1) is 0 Å². The van der Waals surface area contributed by atoms with Gasteiger partial charge in [-0.05, 0) is 80.0 Å². The van der Waals surface area contributed by atoms with Crippen LogP contribution < -0.4 is 16.0 Å². The number of hydrogen-bond acceptors (Lipinski definition) is 6. The minimum Gasteiger partial charge on any atom is -0.480 e. The molecule has 10 nitrogen and oxygen atoms in total. The molecule has 0 aliphatic heterocycles. The van der Waals surface area contributed by atoms with Crippen LogP contribution in [-0.4, -0.2) is 59.5 Å². The van der Waals surface area contributed by atoms with Gasteiger partial charge < -0.3 is 30.5 Å². The molecule has 3 amide bonds. The molecule has 1 unspecified atom stereocenters. The third kappa shape index (κ3) is 9.70. The SMILES string of the molecule is C=CC1=Cc2ccccc2C1COC(=O)N[C@@H](Cc1ccc2ccccc2c1)C(=O)N[C@@](C)(CCCCNC(=O)OC(C)(C)C)C(=O)O. The lowest BCUT2D eigenvalue weighted by Crippen LogP contribution is -2.58. The summed E-state index contributed by atoms with van der Waals surface area (Å²) in [5.41, 5.74) is 1.49. The largest absolute Gasteiger partial charge is 0.480 e. The minimum atomic E-state index is -1.63. The Morgan fingerprint density at radius 1 is 0.938 bits per heavy atom. The van der Waals surface area contributed by atoms with Gasteiger partial charge in [0, 0.05) is 18.9 Å². The summed E-state index contributed by atoms with van der Waals surface area (Å²) < 4.78 is 10.9. The van der Waals surface area contributed by atoms with Crippen molar-refractivity contribution < 1.29 is 33.8 Å². The molecular formula is C38H45N3O7. The van der Waals surface area contributed by atoms with Crippen LogP contribution in [0.3, 0.4) is 0 Å². The summed E-state index contributed by atoms with van der Waals surface area (Å²) in [6.45, 7) is 10.9. The Balaban J connectivity index is 1.44. The number of rotatable bonds is 14. The zero-order valence-corrected chi connectivity index (χ0v) is 28.0. The van der Waals surface area contributed by atoms with E-state index < -0.39 is 41.2 Å². The van der Waals surface area contributed by atoms with Gasteiger partial charge in [0.1, 0.15) is 23.8 Å². The third-order valence-corrected chi connectivity index (χ3v) is 8.22. The summed E-state index contributed by atoms with van der Waals surface area (Å²) in [4.78, 5) is 51.3. The highest BCUT2D eigenvalue weighted by molar-refractivity contribution is 5.91. The standard InChI is InChI=1S/C38H45N3O7/c1-6-26-23-29-15-9-10-16-30(29)31(26)24-47-36(46)40-32(22-25-17-18-27-13-7-8-14-28(27)21-25)33(42)41-38(5,34(43)44)19-11-12-20-39-35(45)48-37(2,3)4/h6-10,13-18,21,23,31-32H,1,11-12,19-20,22,24H2,2-5H3,(H,39,45)(H,40,46)(H,41,42)(H,43,44)/t31?,32-,38-/m0/s1. The van der Waals surface area contributed by atoms with Gasteiger partial charge in [0.25, 0.3) is 0 Å². The number of hydrogen-bond donors (Lipinski definition) is 4. The van der Waals surface area contributed by atoms with Crippen molar-refractivity contribution in [2.45, 2.75) is 76.5 Å². The molecule has 3 atom stereocenters.